The van der Waals surface area contributed by atoms with Crippen molar-refractivity contribution in [2.24, 2.45) is 0 Å². The second-order valence-corrected chi connectivity index (χ2v) is 11.2. The van der Waals surface area contributed by atoms with E-state index in [0.717, 1.165) is 26.5 Å². The van der Waals surface area contributed by atoms with E-state index in [1.807, 2.05) is 36.4 Å². The first kappa shape index (κ1) is 22.0. The molecule has 32 heavy (non-hydrogen) atoms. The van der Waals surface area contributed by atoms with Crippen LogP contribution >= 0.6 is 46.3 Å². The summed E-state index contributed by atoms with van der Waals surface area (Å²) < 4.78 is 7.67. The van der Waals surface area contributed by atoms with Gasteiger partial charge in [-0.25, -0.2) is 4.98 Å². The fraction of sp³-hybridized carbons (Fsp3) is 0.250. The zero-order valence-electron chi connectivity index (χ0n) is 17.5. The summed E-state index contributed by atoms with van der Waals surface area (Å²) in [5.74, 6) is 0.604. The molecule has 0 N–H and O–H groups in total. The number of thioether (sulfide) groups is 1. The Morgan fingerprint density at radius 3 is 2.66 bits per heavy atom. The molecule has 0 radical (unpaired) electrons. The summed E-state index contributed by atoms with van der Waals surface area (Å²) in [6.45, 7) is 4.61. The Bertz CT molecular complexity index is 1380. The number of halogens is 2. The van der Waals surface area contributed by atoms with E-state index in [2.05, 4.69) is 13.8 Å². The van der Waals surface area contributed by atoms with Crippen LogP contribution < -0.4 is 5.56 Å². The van der Waals surface area contributed by atoms with Crippen molar-refractivity contribution in [3.05, 3.63) is 84.9 Å². The normalized spacial score (nSPS) is 15.1. The van der Waals surface area contributed by atoms with Crippen LogP contribution in [0, 0.1) is 0 Å². The highest BCUT2D eigenvalue weighted by molar-refractivity contribution is 7.98. The zero-order valence-corrected chi connectivity index (χ0v) is 20.7. The summed E-state index contributed by atoms with van der Waals surface area (Å²) >= 11 is 15.5. The van der Waals surface area contributed by atoms with Crippen molar-refractivity contribution in [3.63, 3.8) is 0 Å². The van der Waals surface area contributed by atoms with E-state index in [4.69, 9.17) is 32.9 Å². The average Bonchev–Trinajstić information content (AvgIpc) is 3.11. The molecule has 164 valence electrons. The van der Waals surface area contributed by atoms with Crippen LogP contribution in [0.2, 0.25) is 10.0 Å². The van der Waals surface area contributed by atoms with Crippen LogP contribution in [-0.4, -0.2) is 15.2 Å². The third kappa shape index (κ3) is 4.11. The molecule has 0 amide bonds. The number of rotatable bonds is 4. The average molecular weight is 503 g/mol. The number of nitrogens with zero attached hydrogens (tertiary/aromatic N) is 2. The molecule has 0 unspecified atom stereocenters. The number of hydrogen-bond donors (Lipinski definition) is 0. The maximum atomic E-state index is 13.9. The molecule has 0 saturated carbocycles. The lowest BCUT2D eigenvalue weighted by atomic mass is 9.94. The molecule has 4 nitrogen and oxygen atoms in total. The SMILES string of the molecule is CC1(C)Cc2c(sc3nc(SCc4ccccc4Cl)n(-c4ccc(Cl)cc4)c(=O)c23)CO1. The molecule has 0 aliphatic carbocycles. The number of hydrogen-bond acceptors (Lipinski definition) is 5. The van der Waals surface area contributed by atoms with Gasteiger partial charge in [0.05, 0.1) is 23.3 Å². The van der Waals surface area contributed by atoms with Gasteiger partial charge in [0.1, 0.15) is 4.83 Å². The van der Waals surface area contributed by atoms with Gasteiger partial charge in [-0.1, -0.05) is 53.2 Å². The lowest BCUT2D eigenvalue weighted by molar-refractivity contribution is -0.0379. The van der Waals surface area contributed by atoms with Gasteiger partial charge in [0.2, 0.25) is 0 Å². The van der Waals surface area contributed by atoms with E-state index in [1.165, 1.54) is 11.8 Å². The van der Waals surface area contributed by atoms with Crippen LogP contribution in [0.4, 0.5) is 0 Å². The van der Waals surface area contributed by atoms with Crippen LogP contribution in [0.25, 0.3) is 15.9 Å². The van der Waals surface area contributed by atoms with Crippen molar-refractivity contribution in [2.45, 2.75) is 43.4 Å². The van der Waals surface area contributed by atoms with Crippen molar-refractivity contribution in [2.75, 3.05) is 0 Å². The maximum Gasteiger partial charge on any atom is 0.267 e. The molecule has 8 heteroatoms. The van der Waals surface area contributed by atoms with E-state index in [9.17, 15) is 4.79 Å². The first-order chi connectivity index (χ1) is 15.3. The second kappa shape index (κ2) is 8.50. The Morgan fingerprint density at radius 2 is 1.91 bits per heavy atom. The monoisotopic (exact) mass is 502 g/mol. The van der Waals surface area contributed by atoms with Crippen LogP contribution in [0.3, 0.4) is 0 Å². The zero-order chi connectivity index (χ0) is 22.5. The third-order valence-electron chi connectivity index (χ3n) is 5.47. The summed E-state index contributed by atoms with van der Waals surface area (Å²) in [4.78, 5) is 20.7. The molecule has 0 bridgehead atoms. The minimum absolute atomic E-state index is 0.0609. The van der Waals surface area contributed by atoms with Crippen LogP contribution in [-0.2, 0) is 23.5 Å². The molecule has 5 rings (SSSR count). The third-order valence-corrected chi connectivity index (χ3v) is 8.18. The first-order valence-electron chi connectivity index (χ1n) is 10.2. The molecule has 4 aromatic rings. The highest BCUT2D eigenvalue weighted by Gasteiger charge is 2.31. The lowest BCUT2D eigenvalue weighted by Crippen LogP contribution is -2.32. The molecule has 1 aliphatic heterocycles. The molecule has 0 atom stereocenters. The summed E-state index contributed by atoms with van der Waals surface area (Å²) in [6.07, 6.45) is 0.686. The fourth-order valence-corrected chi connectivity index (χ4v) is 6.41. The smallest absolute Gasteiger partial charge is 0.267 e. The minimum atomic E-state index is -0.309. The Kier molecular flexibility index (Phi) is 5.84. The standard InChI is InChI=1S/C24H20Cl2N2O2S2/c1-24(2)11-17-19(12-30-24)32-21-20(17)22(29)28(16-9-7-15(25)8-10-16)23(27-21)31-13-14-5-3-4-6-18(14)26/h3-10H,11-13H2,1-2H3. The van der Waals surface area contributed by atoms with Crippen LogP contribution in [0.5, 0.6) is 0 Å². The van der Waals surface area contributed by atoms with Gasteiger partial charge in [-0.3, -0.25) is 9.36 Å². The number of benzene rings is 2. The number of ether oxygens (including phenoxy) is 1. The fourth-order valence-electron chi connectivity index (χ4n) is 3.85. The predicted molar refractivity (Wildman–Crippen MR) is 134 cm³/mol. The second-order valence-electron chi connectivity index (χ2n) is 8.30. The quantitative estimate of drug-likeness (QED) is 0.225. The van der Waals surface area contributed by atoms with Gasteiger partial charge in [0, 0.05) is 27.1 Å². The number of aromatic nitrogens is 2. The van der Waals surface area contributed by atoms with Gasteiger partial charge >= 0.3 is 0 Å². The maximum absolute atomic E-state index is 13.9. The summed E-state index contributed by atoms with van der Waals surface area (Å²) in [5.41, 5.74) is 2.42. The topological polar surface area (TPSA) is 44.1 Å². The molecule has 2 aromatic heterocycles. The lowest BCUT2D eigenvalue weighted by Gasteiger charge is -2.29. The minimum Gasteiger partial charge on any atom is -0.370 e. The summed E-state index contributed by atoms with van der Waals surface area (Å²) in [6, 6.07) is 15.0. The highest BCUT2D eigenvalue weighted by Crippen LogP contribution is 2.38. The Balaban J connectivity index is 1.68. The number of fused-ring (bicyclic) bond motifs is 3. The Labute approximate surface area is 204 Å². The molecule has 0 fully saturated rings. The van der Waals surface area contributed by atoms with E-state index < -0.39 is 0 Å². The van der Waals surface area contributed by atoms with E-state index in [0.29, 0.717) is 39.4 Å². The molecule has 0 saturated heterocycles. The summed E-state index contributed by atoms with van der Waals surface area (Å²) in [5, 5.41) is 2.64. The summed E-state index contributed by atoms with van der Waals surface area (Å²) in [7, 11) is 0. The van der Waals surface area contributed by atoms with Gasteiger partial charge < -0.3 is 4.74 Å². The van der Waals surface area contributed by atoms with Gasteiger partial charge in [-0.05, 0) is 55.3 Å². The Hall–Kier alpha value is -1.83. The molecular formula is C24H20Cl2N2O2S2. The van der Waals surface area contributed by atoms with Gasteiger partial charge in [0.15, 0.2) is 5.16 Å². The highest BCUT2D eigenvalue weighted by atomic mass is 35.5. The van der Waals surface area contributed by atoms with E-state index >= 15 is 0 Å². The van der Waals surface area contributed by atoms with E-state index in [1.54, 1.807) is 28.0 Å². The van der Waals surface area contributed by atoms with Crippen LogP contribution in [0.1, 0.15) is 29.9 Å². The molecule has 1 aliphatic rings. The number of thiophene rings is 1. The molecular weight excluding hydrogens is 483 g/mol. The van der Waals surface area contributed by atoms with Gasteiger partial charge in [0.25, 0.3) is 5.56 Å². The predicted octanol–water partition coefficient (Wildman–Crippen LogP) is 6.90. The Morgan fingerprint density at radius 1 is 1.16 bits per heavy atom. The van der Waals surface area contributed by atoms with E-state index in [-0.39, 0.29) is 11.2 Å². The van der Waals surface area contributed by atoms with Gasteiger partial charge in [-0.2, -0.15) is 0 Å². The van der Waals surface area contributed by atoms with Crippen LogP contribution in [0.15, 0.2) is 58.5 Å². The van der Waals surface area contributed by atoms with Gasteiger partial charge in [-0.15, -0.1) is 11.3 Å². The van der Waals surface area contributed by atoms with Crippen molar-refractivity contribution in [1.29, 1.82) is 0 Å². The van der Waals surface area contributed by atoms with Crippen molar-refractivity contribution >= 4 is 56.5 Å². The van der Waals surface area contributed by atoms with Crippen molar-refractivity contribution < 1.29 is 4.74 Å². The molecule has 3 heterocycles. The van der Waals surface area contributed by atoms with Crippen molar-refractivity contribution in [3.8, 4) is 5.69 Å². The largest absolute Gasteiger partial charge is 0.370 e. The first-order valence-corrected chi connectivity index (χ1v) is 12.7. The molecule has 2 aromatic carbocycles. The van der Waals surface area contributed by atoms with Crippen molar-refractivity contribution in [1.82, 2.24) is 9.55 Å². The molecule has 0 spiro atoms.